The second-order valence-electron chi connectivity index (χ2n) is 0. The fourth-order valence-corrected chi connectivity index (χ4v) is 0. The van der Waals surface area contributed by atoms with Crippen LogP contribution >= 0.6 is 0 Å². The third-order valence-corrected chi connectivity index (χ3v) is 0. The molecule has 0 saturated heterocycles. The van der Waals surface area contributed by atoms with Crippen molar-refractivity contribution in [3.8, 4) is 0 Å². The average molecular weight is 458 g/mol. The summed E-state index contributed by atoms with van der Waals surface area (Å²) in [6.45, 7) is 10.0. The summed E-state index contributed by atoms with van der Waals surface area (Å²) in [6, 6.07) is 0. The van der Waals surface area contributed by atoms with Gasteiger partial charge in [-0.2, -0.15) is 0 Å². The van der Waals surface area contributed by atoms with Crippen LogP contribution in [-0.2, 0) is 42.1 Å². The molecule has 0 aromatic carbocycles. The van der Waals surface area contributed by atoms with Crippen LogP contribution in [0.25, 0.3) is 0 Å². The summed E-state index contributed by atoms with van der Waals surface area (Å²) < 4.78 is 0. The Balaban J connectivity index is -0.00000000167. The third kappa shape index (κ3) is 214. The molecule has 0 aliphatic carbocycles. The Morgan fingerprint density at radius 1 is 0.750 bits per heavy atom. The first kappa shape index (κ1) is 61.8. The van der Waals surface area contributed by atoms with Gasteiger partial charge in [-0.3, -0.25) is 0 Å². The smallest absolute Gasteiger partial charge is 0 e. The Hall–Kier alpha value is 1.12. The van der Waals surface area contributed by atoms with Crippen molar-refractivity contribution in [2.24, 2.45) is 0 Å². The van der Waals surface area contributed by atoms with Crippen LogP contribution < -0.4 is 0 Å². The first-order valence-corrected chi connectivity index (χ1v) is 1.50. The Labute approximate surface area is 83.7 Å². The van der Waals surface area contributed by atoms with Gasteiger partial charge in [0.05, 0.1) is 0 Å². The molecule has 0 unspecified atom stereocenters. The number of rotatable bonds is 0. The first-order chi connectivity index (χ1) is 2.00. The number of hydrogen-bond acceptors (Lipinski definition) is 0. The molecule has 54 valence electrons. The summed E-state index contributed by atoms with van der Waals surface area (Å²) in [5, 5.41) is 0. The van der Waals surface area contributed by atoms with Crippen molar-refractivity contribution < 1.29 is 42.1 Å². The maximum atomic E-state index is 3.00. The van der Waals surface area contributed by atoms with Gasteiger partial charge in [-0.15, -0.1) is 13.2 Å². The monoisotopic (exact) mass is 458 g/mol. The minimum absolute atomic E-state index is 0. The quantitative estimate of drug-likeness (QED) is 0.490. The standard InChI is InChI=1S/C2H6.C2H4.2CH4.2W/c2*1-2;;;;/h1-2H3;1-2H2;2*1H4;;. The van der Waals surface area contributed by atoms with Gasteiger partial charge in [0.25, 0.3) is 0 Å². The van der Waals surface area contributed by atoms with Crippen LogP contribution in [0.3, 0.4) is 0 Å². The van der Waals surface area contributed by atoms with Gasteiger partial charge in [0.15, 0.2) is 0 Å². The normalized spacial score (nSPS) is 1.25. The summed E-state index contributed by atoms with van der Waals surface area (Å²) >= 11 is 0. The van der Waals surface area contributed by atoms with E-state index < -0.39 is 0 Å². The van der Waals surface area contributed by atoms with E-state index in [1.54, 1.807) is 0 Å². The third-order valence-electron chi connectivity index (χ3n) is 0. The zero-order valence-electron chi connectivity index (χ0n) is 4.23. The van der Waals surface area contributed by atoms with Crippen LogP contribution in [0, 0.1) is 0 Å². The fourth-order valence-electron chi connectivity index (χ4n) is 0. The van der Waals surface area contributed by atoms with Crippen LogP contribution in [0.1, 0.15) is 28.7 Å². The van der Waals surface area contributed by atoms with Crippen LogP contribution in [0.5, 0.6) is 0 Å². The molecule has 8 heavy (non-hydrogen) atoms. The Morgan fingerprint density at radius 2 is 0.750 bits per heavy atom. The zero-order chi connectivity index (χ0) is 4.00. The predicted octanol–water partition coefficient (Wildman–Crippen LogP) is 3.10. The van der Waals surface area contributed by atoms with Gasteiger partial charge >= 0.3 is 0 Å². The van der Waals surface area contributed by atoms with Crippen molar-refractivity contribution in [1.82, 2.24) is 0 Å². The molecule has 0 fully saturated rings. The first-order valence-electron chi connectivity index (χ1n) is 1.50. The predicted molar refractivity (Wildman–Crippen MR) is 36.1 cm³/mol. The maximum absolute atomic E-state index is 3.00. The van der Waals surface area contributed by atoms with Crippen molar-refractivity contribution in [2.75, 3.05) is 0 Å². The minimum Gasteiger partial charge on any atom is -0.106 e. The van der Waals surface area contributed by atoms with Crippen molar-refractivity contribution in [3.05, 3.63) is 13.2 Å². The molecule has 0 aromatic rings. The van der Waals surface area contributed by atoms with Gasteiger partial charge in [0.2, 0.25) is 0 Å². The molecule has 2 heteroatoms. The largest absolute Gasteiger partial charge is 0.106 e. The Kier molecular flexibility index (Phi) is 2550. The van der Waals surface area contributed by atoms with E-state index in [2.05, 4.69) is 13.2 Å². The summed E-state index contributed by atoms with van der Waals surface area (Å²) in [5.41, 5.74) is 0. The summed E-state index contributed by atoms with van der Waals surface area (Å²) in [5.74, 6) is 0. The summed E-state index contributed by atoms with van der Waals surface area (Å²) in [6.07, 6.45) is 0. The molecule has 0 rings (SSSR count). The maximum Gasteiger partial charge on any atom is 0 e. The van der Waals surface area contributed by atoms with Gasteiger partial charge in [-0.05, 0) is 0 Å². The topological polar surface area (TPSA) is 0 Å². The van der Waals surface area contributed by atoms with Crippen molar-refractivity contribution in [2.45, 2.75) is 28.7 Å². The molecule has 0 atom stereocenters. The van der Waals surface area contributed by atoms with Crippen LogP contribution in [0.2, 0.25) is 0 Å². The average Bonchev–Trinajstić information content (AvgIpc) is 1.50. The van der Waals surface area contributed by atoms with E-state index in [0.717, 1.165) is 0 Å². The number of hydrogen-bond donors (Lipinski definition) is 0. The van der Waals surface area contributed by atoms with Crippen LogP contribution in [0.4, 0.5) is 0 Å². The zero-order valence-corrected chi connectivity index (χ0v) is 10.1. The molecular weight excluding hydrogens is 440 g/mol. The summed E-state index contributed by atoms with van der Waals surface area (Å²) in [4.78, 5) is 0. The molecule has 0 radical (unpaired) electrons. The van der Waals surface area contributed by atoms with E-state index >= 15 is 0 Å². The van der Waals surface area contributed by atoms with Gasteiger partial charge in [-0.1, -0.05) is 28.7 Å². The minimum atomic E-state index is 0. The second kappa shape index (κ2) is 330. The van der Waals surface area contributed by atoms with E-state index in [1.165, 1.54) is 0 Å². The molecule has 0 amide bonds. The van der Waals surface area contributed by atoms with E-state index in [1.807, 2.05) is 13.8 Å². The van der Waals surface area contributed by atoms with Gasteiger partial charge in [-0.25, -0.2) is 0 Å². The molecule has 0 N–H and O–H groups in total. The van der Waals surface area contributed by atoms with Crippen molar-refractivity contribution in [1.29, 1.82) is 0 Å². The molecule has 0 saturated carbocycles. The molecule has 0 aromatic heterocycles. The summed E-state index contributed by atoms with van der Waals surface area (Å²) in [7, 11) is 0. The van der Waals surface area contributed by atoms with Gasteiger partial charge < -0.3 is 0 Å². The Morgan fingerprint density at radius 3 is 0.750 bits per heavy atom. The molecule has 0 nitrogen and oxygen atoms in total. The molecular formula is C6H18W2. The molecule has 0 bridgehead atoms. The van der Waals surface area contributed by atoms with E-state index in [4.69, 9.17) is 0 Å². The molecule has 0 heterocycles. The second-order valence-corrected chi connectivity index (χ2v) is 0. The van der Waals surface area contributed by atoms with Gasteiger partial charge in [0, 0.05) is 42.1 Å². The Bertz CT molecular complexity index is 6.49. The van der Waals surface area contributed by atoms with Crippen molar-refractivity contribution >= 4 is 0 Å². The SMILES string of the molecule is C.C.C=C.CC.[W].[W]. The molecule has 0 aliphatic rings. The fraction of sp³-hybridized carbons (Fsp3) is 0.667. The van der Waals surface area contributed by atoms with Gasteiger partial charge in [0.1, 0.15) is 0 Å². The van der Waals surface area contributed by atoms with E-state index in [9.17, 15) is 0 Å². The van der Waals surface area contributed by atoms with E-state index in [-0.39, 0.29) is 57.0 Å². The van der Waals surface area contributed by atoms with Crippen LogP contribution in [-0.4, -0.2) is 0 Å². The molecule has 0 spiro atoms. The van der Waals surface area contributed by atoms with Crippen LogP contribution in [0.15, 0.2) is 13.2 Å². The van der Waals surface area contributed by atoms with Crippen molar-refractivity contribution in [3.63, 3.8) is 0 Å². The van der Waals surface area contributed by atoms with E-state index in [0.29, 0.717) is 0 Å². The molecule has 0 aliphatic heterocycles.